The number of rotatable bonds is 2. The van der Waals surface area contributed by atoms with E-state index in [2.05, 4.69) is 43.7 Å². The predicted molar refractivity (Wildman–Crippen MR) is 87.4 cm³/mol. The van der Waals surface area contributed by atoms with Gasteiger partial charge in [-0.3, -0.25) is 0 Å². The van der Waals surface area contributed by atoms with Crippen molar-refractivity contribution < 1.29 is 9.47 Å². The molecule has 2 aromatic carbocycles. The molecular formula is C16H12Br2O2. The predicted octanol–water partition coefficient (Wildman–Crippen LogP) is 4.63. The van der Waals surface area contributed by atoms with Gasteiger partial charge in [0.2, 0.25) is 0 Å². The second kappa shape index (κ2) is 6.83. The second-order valence-electron chi connectivity index (χ2n) is 3.94. The lowest BCUT2D eigenvalue weighted by Gasteiger charge is -2.03. The molecule has 0 atom stereocenters. The molecule has 0 heterocycles. The Bertz CT molecular complexity index is 627. The lowest BCUT2D eigenvalue weighted by Crippen LogP contribution is -1.86. The van der Waals surface area contributed by atoms with E-state index in [0.29, 0.717) is 0 Å². The highest BCUT2D eigenvalue weighted by Crippen LogP contribution is 2.24. The number of hydrogen-bond acceptors (Lipinski definition) is 2. The summed E-state index contributed by atoms with van der Waals surface area (Å²) in [5, 5.41) is 0. The monoisotopic (exact) mass is 394 g/mol. The minimum absolute atomic E-state index is 0.780. The lowest BCUT2D eigenvalue weighted by atomic mass is 10.1. The molecule has 0 bridgehead atoms. The molecule has 4 heteroatoms. The van der Waals surface area contributed by atoms with Crippen molar-refractivity contribution in [3.05, 3.63) is 56.5 Å². The maximum absolute atomic E-state index is 5.20. The first kappa shape index (κ1) is 15.0. The van der Waals surface area contributed by atoms with Gasteiger partial charge in [0.1, 0.15) is 11.5 Å². The van der Waals surface area contributed by atoms with Gasteiger partial charge in [-0.1, -0.05) is 11.8 Å². The fourth-order valence-corrected chi connectivity index (χ4v) is 2.28. The van der Waals surface area contributed by atoms with Crippen molar-refractivity contribution in [1.82, 2.24) is 0 Å². The van der Waals surface area contributed by atoms with Gasteiger partial charge in [-0.2, -0.15) is 0 Å². The third-order valence-electron chi connectivity index (χ3n) is 2.68. The smallest absolute Gasteiger partial charge is 0.120 e. The highest BCUT2D eigenvalue weighted by molar-refractivity contribution is 9.10. The molecule has 0 unspecified atom stereocenters. The molecule has 2 rings (SSSR count). The van der Waals surface area contributed by atoms with Gasteiger partial charge < -0.3 is 9.47 Å². The molecule has 0 aliphatic heterocycles. The molecule has 0 amide bonds. The Kier molecular flexibility index (Phi) is 5.11. The van der Waals surface area contributed by atoms with Gasteiger partial charge in [0.15, 0.2) is 0 Å². The number of ether oxygens (including phenoxy) is 2. The molecule has 0 aliphatic rings. The van der Waals surface area contributed by atoms with Gasteiger partial charge in [-0.25, -0.2) is 0 Å². The molecule has 0 fully saturated rings. The van der Waals surface area contributed by atoms with Gasteiger partial charge in [0.05, 0.1) is 14.2 Å². The third-order valence-corrected chi connectivity index (χ3v) is 4.06. The zero-order valence-corrected chi connectivity index (χ0v) is 14.2. The zero-order chi connectivity index (χ0) is 14.5. The van der Waals surface area contributed by atoms with Gasteiger partial charge in [0, 0.05) is 20.1 Å². The van der Waals surface area contributed by atoms with E-state index in [4.69, 9.17) is 9.47 Å². The third kappa shape index (κ3) is 3.56. The van der Waals surface area contributed by atoms with Gasteiger partial charge >= 0.3 is 0 Å². The summed E-state index contributed by atoms with van der Waals surface area (Å²) < 4.78 is 12.3. The van der Waals surface area contributed by atoms with Crippen LogP contribution in [0.1, 0.15) is 11.1 Å². The van der Waals surface area contributed by atoms with Gasteiger partial charge in [0.25, 0.3) is 0 Å². The van der Waals surface area contributed by atoms with Crippen molar-refractivity contribution in [2.75, 3.05) is 14.2 Å². The van der Waals surface area contributed by atoms with E-state index in [1.54, 1.807) is 14.2 Å². The Balaban J connectivity index is 2.40. The topological polar surface area (TPSA) is 18.5 Å². The van der Waals surface area contributed by atoms with Crippen LogP contribution in [0, 0.1) is 11.8 Å². The zero-order valence-electron chi connectivity index (χ0n) is 11.0. The number of methoxy groups -OCH3 is 2. The molecule has 0 N–H and O–H groups in total. The van der Waals surface area contributed by atoms with E-state index in [9.17, 15) is 0 Å². The first-order valence-corrected chi connectivity index (χ1v) is 7.41. The van der Waals surface area contributed by atoms with Crippen molar-refractivity contribution in [3.8, 4) is 23.3 Å². The number of halogens is 2. The average Bonchev–Trinajstić information content (AvgIpc) is 2.48. The van der Waals surface area contributed by atoms with Crippen molar-refractivity contribution in [1.29, 1.82) is 0 Å². The molecule has 0 radical (unpaired) electrons. The Morgan fingerprint density at radius 3 is 1.50 bits per heavy atom. The van der Waals surface area contributed by atoms with Crippen molar-refractivity contribution in [2.45, 2.75) is 0 Å². The lowest BCUT2D eigenvalue weighted by molar-refractivity contribution is 0.414. The molecule has 0 saturated carbocycles. The molecule has 20 heavy (non-hydrogen) atoms. The maximum Gasteiger partial charge on any atom is 0.120 e. The van der Waals surface area contributed by atoms with Crippen LogP contribution in [-0.4, -0.2) is 14.2 Å². The minimum Gasteiger partial charge on any atom is -0.497 e. The first-order chi connectivity index (χ1) is 9.63. The standard InChI is InChI=1S/C16H12Br2O2/c1-19-13-5-7-15(17)11(9-13)3-4-12-10-14(20-2)6-8-16(12)18/h5-10H,1-2H3. The molecule has 102 valence electrons. The van der Waals surface area contributed by atoms with Crippen LogP contribution in [0.15, 0.2) is 45.3 Å². The number of benzene rings is 2. The Labute approximate surface area is 135 Å². The van der Waals surface area contributed by atoms with Crippen LogP contribution in [0.3, 0.4) is 0 Å². The highest BCUT2D eigenvalue weighted by atomic mass is 79.9. The second-order valence-corrected chi connectivity index (χ2v) is 5.65. The maximum atomic E-state index is 5.20. The molecule has 2 nitrogen and oxygen atoms in total. The van der Waals surface area contributed by atoms with Crippen molar-refractivity contribution >= 4 is 31.9 Å². The molecule has 0 aromatic heterocycles. The first-order valence-electron chi connectivity index (χ1n) is 5.83. The largest absolute Gasteiger partial charge is 0.497 e. The molecular weight excluding hydrogens is 384 g/mol. The summed E-state index contributed by atoms with van der Waals surface area (Å²) in [6.07, 6.45) is 0. The van der Waals surface area contributed by atoms with Crippen LogP contribution in [0.2, 0.25) is 0 Å². The van der Waals surface area contributed by atoms with E-state index in [1.165, 1.54) is 0 Å². The number of hydrogen-bond donors (Lipinski definition) is 0. The fourth-order valence-electron chi connectivity index (χ4n) is 1.59. The normalized spacial score (nSPS) is 9.60. The summed E-state index contributed by atoms with van der Waals surface area (Å²) >= 11 is 6.97. The van der Waals surface area contributed by atoms with E-state index in [1.807, 2.05) is 36.4 Å². The summed E-state index contributed by atoms with van der Waals surface area (Å²) in [4.78, 5) is 0. The molecule has 2 aromatic rings. The average molecular weight is 396 g/mol. The van der Waals surface area contributed by atoms with Crippen LogP contribution in [0.4, 0.5) is 0 Å². The van der Waals surface area contributed by atoms with Crippen LogP contribution >= 0.6 is 31.9 Å². The molecule has 0 spiro atoms. The quantitative estimate of drug-likeness (QED) is 0.690. The Morgan fingerprint density at radius 1 is 0.750 bits per heavy atom. The fraction of sp³-hybridized carbons (Fsp3) is 0.125. The van der Waals surface area contributed by atoms with Crippen LogP contribution in [0.25, 0.3) is 0 Å². The van der Waals surface area contributed by atoms with Crippen molar-refractivity contribution in [3.63, 3.8) is 0 Å². The van der Waals surface area contributed by atoms with E-state index >= 15 is 0 Å². The summed E-state index contributed by atoms with van der Waals surface area (Å²) in [7, 11) is 3.28. The summed E-state index contributed by atoms with van der Waals surface area (Å²) in [6.45, 7) is 0. The van der Waals surface area contributed by atoms with E-state index < -0.39 is 0 Å². The molecule has 0 saturated heterocycles. The van der Waals surface area contributed by atoms with E-state index in [-0.39, 0.29) is 0 Å². The summed E-state index contributed by atoms with van der Waals surface area (Å²) in [5.41, 5.74) is 1.75. The van der Waals surface area contributed by atoms with Crippen LogP contribution in [0.5, 0.6) is 11.5 Å². The summed E-state index contributed by atoms with van der Waals surface area (Å²) in [6, 6.07) is 11.4. The highest BCUT2D eigenvalue weighted by Gasteiger charge is 2.01. The van der Waals surface area contributed by atoms with E-state index in [0.717, 1.165) is 31.6 Å². The minimum atomic E-state index is 0.780. The van der Waals surface area contributed by atoms with Gasteiger partial charge in [-0.05, 0) is 68.3 Å². The summed E-state index contributed by atoms with van der Waals surface area (Å²) in [5.74, 6) is 7.83. The Morgan fingerprint density at radius 2 is 1.15 bits per heavy atom. The Hall–Kier alpha value is -1.44. The van der Waals surface area contributed by atoms with Crippen LogP contribution < -0.4 is 9.47 Å². The SMILES string of the molecule is COc1ccc(Br)c(C#Cc2cc(OC)ccc2Br)c1. The van der Waals surface area contributed by atoms with Crippen molar-refractivity contribution in [2.24, 2.45) is 0 Å². The molecule has 0 aliphatic carbocycles. The van der Waals surface area contributed by atoms with Crippen LogP contribution in [-0.2, 0) is 0 Å². The van der Waals surface area contributed by atoms with Gasteiger partial charge in [-0.15, -0.1) is 0 Å².